The normalized spacial score (nSPS) is 14.1. The minimum Gasteiger partial charge on any atom is -0.606 e. The molecule has 0 N–H and O–H groups in total. The minimum absolute atomic E-state index is 0.140. The highest BCUT2D eigenvalue weighted by Gasteiger charge is 2.35. The first kappa shape index (κ1) is 22.5. The molecule has 170 valence electrons. The van der Waals surface area contributed by atoms with Crippen molar-refractivity contribution in [2.75, 3.05) is 20.8 Å². The molecule has 0 saturated heterocycles. The van der Waals surface area contributed by atoms with E-state index in [0.29, 0.717) is 21.8 Å². The zero-order valence-electron chi connectivity index (χ0n) is 18.0. The van der Waals surface area contributed by atoms with E-state index in [-0.39, 0.29) is 29.2 Å². The standard InChI is InChI=1S/C22H19N3O7S/c1-4-32-20(26)15-10-13(25-19(22(28)31-3)18(23-24-25)21(27)30-2)11-17-14(15)9-12-7-5-6-8-16(12)33(17)29/h5-8,10-11H,4,9H2,1-3H3. The number of carbonyl (C=O) groups excluding carboxylic acids is 3. The van der Waals surface area contributed by atoms with Gasteiger partial charge in [-0.3, -0.25) is 0 Å². The van der Waals surface area contributed by atoms with Crippen molar-refractivity contribution in [1.29, 1.82) is 0 Å². The Kier molecular flexibility index (Phi) is 6.16. The molecule has 3 aromatic rings. The maximum Gasteiger partial charge on any atom is 0.361 e. The number of aromatic nitrogens is 3. The maximum atomic E-state index is 13.4. The molecule has 33 heavy (non-hydrogen) atoms. The van der Waals surface area contributed by atoms with E-state index in [1.54, 1.807) is 25.1 Å². The molecule has 0 fully saturated rings. The van der Waals surface area contributed by atoms with Crippen molar-refractivity contribution in [2.24, 2.45) is 0 Å². The van der Waals surface area contributed by atoms with Crippen molar-refractivity contribution >= 4 is 29.1 Å². The van der Waals surface area contributed by atoms with Crippen LogP contribution >= 0.6 is 0 Å². The van der Waals surface area contributed by atoms with Crippen molar-refractivity contribution in [2.45, 2.75) is 23.1 Å². The summed E-state index contributed by atoms with van der Waals surface area (Å²) in [7, 11) is 2.28. The molecule has 2 heterocycles. The summed E-state index contributed by atoms with van der Waals surface area (Å²) in [6.07, 6.45) is 0.375. The van der Waals surface area contributed by atoms with E-state index in [2.05, 4.69) is 15.0 Å². The molecule has 0 radical (unpaired) electrons. The Labute approximate surface area is 191 Å². The van der Waals surface area contributed by atoms with Crippen molar-refractivity contribution in [3.05, 3.63) is 64.5 Å². The average molecular weight is 469 g/mol. The molecule has 10 nitrogen and oxygen atoms in total. The smallest absolute Gasteiger partial charge is 0.361 e. The van der Waals surface area contributed by atoms with Gasteiger partial charge in [0.15, 0.2) is 15.5 Å². The molecule has 0 amide bonds. The summed E-state index contributed by atoms with van der Waals surface area (Å²) in [6.45, 7) is 1.82. The van der Waals surface area contributed by atoms with E-state index < -0.39 is 29.1 Å². The van der Waals surface area contributed by atoms with Crippen LogP contribution in [0.25, 0.3) is 5.69 Å². The zero-order chi connectivity index (χ0) is 23.7. The van der Waals surface area contributed by atoms with E-state index in [1.807, 2.05) is 12.1 Å². The lowest BCUT2D eigenvalue weighted by Gasteiger charge is -2.24. The second kappa shape index (κ2) is 9.04. The van der Waals surface area contributed by atoms with Gasteiger partial charge >= 0.3 is 17.9 Å². The average Bonchev–Trinajstić information content (AvgIpc) is 3.28. The zero-order valence-corrected chi connectivity index (χ0v) is 18.8. The first-order valence-electron chi connectivity index (χ1n) is 9.87. The Balaban J connectivity index is 1.96. The van der Waals surface area contributed by atoms with Gasteiger partial charge in [0, 0.05) is 34.8 Å². The molecule has 0 spiro atoms. The second-order valence-corrected chi connectivity index (χ2v) is 8.34. The third kappa shape index (κ3) is 3.85. The van der Waals surface area contributed by atoms with E-state index >= 15 is 0 Å². The lowest BCUT2D eigenvalue weighted by molar-refractivity contribution is 0.0523. The minimum atomic E-state index is -1.60. The number of benzene rings is 2. The van der Waals surface area contributed by atoms with Crippen molar-refractivity contribution in [3.63, 3.8) is 0 Å². The molecule has 2 aromatic carbocycles. The Hall–Kier alpha value is -3.70. The van der Waals surface area contributed by atoms with Crippen LogP contribution in [-0.4, -0.2) is 58.3 Å². The number of nitrogens with zero attached hydrogens (tertiary/aromatic N) is 3. The molecule has 0 aliphatic carbocycles. The number of hydrogen-bond acceptors (Lipinski definition) is 9. The van der Waals surface area contributed by atoms with Gasteiger partial charge in [0.2, 0.25) is 5.69 Å². The highest BCUT2D eigenvalue weighted by Crippen LogP contribution is 2.38. The lowest BCUT2D eigenvalue weighted by Crippen LogP contribution is -2.21. The monoisotopic (exact) mass is 469 g/mol. The third-order valence-electron chi connectivity index (χ3n) is 5.10. The molecule has 4 rings (SSSR count). The molecule has 1 atom stereocenters. The molecule has 11 heteroatoms. The van der Waals surface area contributed by atoms with Gasteiger partial charge in [-0.25, -0.2) is 19.1 Å². The molecule has 1 aliphatic heterocycles. The van der Waals surface area contributed by atoms with Gasteiger partial charge in [-0.05, 0) is 19.1 Å². The molecule has 1 unspecified atom stereocenters. The summed E-state index contributed by atoms with van der Waals surface area (Å²) in [4.78, 5) is 38.4. The summed E-state index contributed by atoms with van der Waals surface area (Å²) in [5, 5.41) is 7.66. The molecule has 1 aliphatic rings. The van der Waals surface area contributed by atoms with Crippen LogP contribution in [0.3, 0.4) is 0 Å². The number of carbonyl (C=O) groups is 3. The fourth-order valence-electron chi connectivity index (χ4n) is 3.61. The van der Waals surface area contributed by atoms with Gasteiger partial charge in [0.1, 0.15) is 0 Å². The summed E-state index contributed by atoms with van der Waals surface area (Å²) in [6, 6.07) is 10.2. The van der Waals surface area contributed by atoms with Gasteiger partial charge < -0.3 is 18.8 Å². The molecular weight excluding hydrogens is 450 g/mol. The first-order chi connectivity index (χ1) is 15.9. The van der Waals surface area contributed by atoms with E-state index in [9.17, 15) is 18.9 Å². The lowest BCUT2D eigenvalue weighted by atomic mass is 9.98. The highest BCUT2D eigenvalue weighted by molar-refractivity contribution is 7.91. The van der Waals surface area contributed by atoms with Crippen LogP contribution in [0.1, 0.15) is 49.4 Å². The van der Waals surface area contributed by atoms with Crippen molar-refractivity contribution < 1.29 is 33.1 Å². The van der Waals surface area contributed by atoms with E-state index in [0.717, 1.165) is 24.5 Å². The quantitative estimate of drug-likeness (QED) is 0.313. The SMILES string of the molecule is CCOC(=O)c1cc(-n2nnc(C(=O)OC)c2C(=O)OC)cc2c1Cc1ccccc1[S+]2[O-]. The highest BCUT2D eigenvalue weighted by atomic mass is 32.2. The Morgan fingerprint density at radius 3 is 2.48 bits per heavy atom. The second-order valence-electron chi connectivity index (χ2n) is 6.93. The summed E-state index contributed by atoms with van der Waals surface area (Å²) in [5.74, 6) is -2.38. The van der Waals surface area contributed by atoms with Crippen LogP contribution in [0.2, 0.25) is 0 Å². The predicted octanol–water partition coefficient (Wildman–Crippen LogP) is 2.09. The predicted molar refractivity (Wildman–Crippen MR) is 114 cm³/mol. The van der Waals surface area contributed by atoms with Gasteiger partial charge in [-0.2, -0.15) is 0 Å². The fourth-order valence-corrected chi connectivity index (χ4v) is 5.06. The Morgan fingerprint density at radius 2 is 1.79 bits per heavy atom. The molecular formula is C22H19N3O7S. The van der Waals surface area contributed by atoms with E-state index in [4.69, 9.17) is 9.47 Å². The molecule has 0 saturated carbocycles. The molecule has 1 aromatic heterocycles. The Bertz CT molecular complexity index is 1270. The van der Waals surface area contributed by atoms with Gasteiger partial charge in [-0.1, -0.05) is 23.4 Å². The summed E-state index contributed by atoms with van der Waals surface area (Å²) in [5.41, 5.74) is 1.12. The van der Waals surface area contributed by atoms with Crippen molar-refractivity contribution in [3.8, 4) is 5.69 Å². The number of rotatable bonds is 5. The largest absolute Gasteiger partial charge is 0.606 e. The number of methoxy groups -OCH3 is 2. The fraction of sp³-hybridized carbons (Fsp3) is 0.227. The first-order valence-corrected chi connectivity index (χ1v) is 11.0. The number of ether oxygens (including phenoxy) is 3. The van der Waals surface area contributed by atoms with Crippen LogP contribution < -0.4 is 0 Å². The Morgan fingerprint density at radius 1 is 1.06 bits per heavy atom. The van der Waals surface area contributed by atoms with Gasteiger partial charge in [0.25, 0.3) is 0 Å². The topological polar surface area (TPSA) is 133 Å². The number of hydrogen-bond donors (Lipinski definition) is 0. The van der Waals surface area contributed by atoms with E-state index in [1.165, 1.54) is 6.07 Å². The summed E-state index contributed by atoms with van der Waals surface area (Å²) >= 11 is -1.60. The van der Waals surface area contributed by atoms with Crippen LogP contribution in [0, 0.1) is 0 Å². The van der Waals surface area contributed by atoms with Gasteiger partial charge in [-0.15, -0.1) is 5.10 Å². The van der Waals surface area contributed by atoms with Crippen molar-refractivity contribution in [1.82, 2.24) is 15.0 Å². The van der Waals surface area contributed by atoms with Crippen LogP contribution in [0.4, 0.5) is 0 Å². The van der Waals surface area contributed by atoms with Crippen LogP contribution in [0.15, 0.2) is 46.2 Å². The van der Waals surface area contributed by atoms with Crippen LogP contribution in [-0.2, 0) is 31.8 Å². The maximum absolute atomic E-state index is 13.4. The summed E-state index contributed by atoms with van der Waals surface area (Å²) < 4.78 is 29.1. The van der Waals surface area contributed by atoms with Gasteiger partial charge in [0.05, 0.1) is 32.1 Å². The number of fused-ring (bicyclic) bond motifs is 2. The number of esters is 3. The molecule has 0 bridgehead atoms. The third-order valence-corrected chi connectivity index (χ3v) is 6.66. The van der Waals surface area contributed by atoms with Crippen LogP contribution in [0.5, 0.6) is 0 Å².